The van der Waals surface area contributed by atoms with Crippen LogP contribution in [-0.2, 0) is 16.1 Å². The van der Waals surface area contributed by atoms with Gasteiger partial charge in [0.25, 0.3) is 11.7 Å². The number of aliphatic hydroxyl groups is 1. The third kappa shape index (κ3) is 2.99. The summed E-state index contributed by atoms with van der Waals surface area (Å²) < 4.78 is 5.48. The highest BCUT2D eigenvalue weighted by Crippen LogP contribution is 2.40. The maximum Gasteiger partial charge on any atom is 0.296 e. The highest BCUT2D eigenvalue weighted by atomic mass is 16.3. The summed E-state index contributed by atoms with van der Waals surface area (Å²) in [7, 11) is 0. The van der Waals surface area contributed by atoms with Crippen molar-refractivity contribution in [1.29, 1.82) is 0 Å². The number of ketones is 1. The first-order valence-electron chi connectivity index (χ1n) is 8.28. The summed E-state index contributed by atoms with van der Waals surface area (Å²) in [5, 5.41) is 10.8. The fourth-order valence-electron chi connectivity index (χ4n) is 3.14. The minimum absolute atomic E-state index is 0.00444. The molecule has 0 aliphatic carbocycles. The monoisotopic (exact) mass is 361 g/mol. The standard InChI is InChI=1S/C20H15N3O4/c24-18(14-5-9-22-10-6-14)16-17(15-2-1-11-27-15)23(20(26)19(16)25)12-13-3-7-21-8-4-13/h1-11,17,24H,12H2/b18-16-. The number of pyridine rings is 2. The van der Waals surface area contributed by atoms with Gasteiger partial charge in [-0.2, -0.15) is 0 Å². The largest absolute Gasteiger partial charge is 0.507 e. The van der Waals surface area contributed by atoms with Gasteiger partial charge in [-0.1, -0.05) is 0 Å². The molecule has 7 nitrogen and oxygen atoms in total. The Morgan fingerprint density at radius 1 is 1.04 bits per heavy atom. The Morgan fingerprint density at radius 2 is 1.70 bits per heavy atom. The molecule has 1 saturated heterocycles. The number of hydrogen-bond donors (Lipinski definition) is 1. The average molecular weight is 361 g/mol. The Bertz CT molecular complexity index is 998. The Morgan fingerprint density at radius 3 is 2.33 bits per heavy atom. The van der Waals surface area contributed by atoms with Crippen LogP contribution in [0.1, 0.15) is 22.9 Å². The molecule has 0 aromatic carbocycles. The summed E-state index contributed by atoms with van der Waals surface area (Å²) in [4.78, 5) is 34.7. The van der Waals surface area contributed by atoms with Crippen LogP contribution >= 0.6 is 0 Å². The molecule has 1 N–H and O–H groups in total. The summed E-state index contributed by atoms with van der Waals surface area (Å²) in [6.07, 6.45) is 7.71. The molecule has 134 valence electrons. The van der Waals surface area contributed by atoms with Crippen LogP contribution in [0.2, 0.25) is 0 Å². The van der Waals surface area contributed by atoms with Crippen LogP contribution < -0.4 is 0 Å². The van der Waals surface area contributed by atoms with E-state index < -0.39 is 17.7 Å². The molecular formula is C20H15N3O4. The summed E-state index contributed by atoms with van der Waals surface area (Å²) >= 11 is 0. The molecule has 0 spiro atoms. The van der Waals surface area contributed by atoms with E-state index in [4.69, 9.17) is 4.42 Å². The number of furan rings is 1. The van der Waals surface area contributed by atoms with Crippen molar-refractivity contribution < 1.29 is 19.1 Å². The first-order chi connectivity index (χ1) is 13.2. The van der Waals surface area contributed by atoms with Crippen molar-refractivity contribution >= 4 is 17.4 Å². The van der Waals surface area contributed by atoms with Crippen LogP contribution in [0, 0.1) is 0 Å². The van der Waals surface area contributed by atoms with Crippen LogP contribution in [0.4, 0.5) is 0 Å². The lowest BCUT2D eigenvalue weighted by Crippen LogP contribution is -2.29. The van der Waals surface area contributed by atoms with E-state index in [1.54, 1.807) is 48.8 Å². The van der Waals surface area contributed by atoms with E-state index >= 15 is 0 Å². The molecule has 1 atom stereocenters. The number of carbonyl (C=O) groups is 2. The van der Waals surface area contributed by atoms with Crippen LogP contribution in [0.3, 0.4) is 0 Å². The lowest BCUT2D eigenvalue weighted by Gasteiger charge is -2.23. The van der Waals surface area contributed by atoms with Gasteiger partial charge in [0.05, 0.1) is 11.8 Å². The molecule has 0 radical (unpaired) electrons. The Kier molecular flexibility index (Phi) is 4.25. The van der Waals surface area contributed by atoms with Gasteiger partial charge < -0.3 is 14.4 Å². The van der Waals surface area contributed by atoms with E-state index in [0.717, 1.165) is 5.56 Å². The second-order valence-electron chi connectivity index (χ2n) is 6.03. The predicted octanol–water partition coefficient (Wildman–Crippen LogP) is 2.69. The zero-order valence-corrected chi connectivity index (χ0v) is 14.1. The van der Waals surface area contributed by atoms with Crippen LogP contribution in [0.5, 0.6) is 0 Å². The fourth-order valence-corrected chi connectivity index (χ4v) is 3.14. The second kappa shape index (κ2) is 6.87. The summed E-state index contributed by atoms with van der Waals surface area (Å²) in [6, 6.07) is 9.21. The first-order valence-corrected chi connectivity index (χ1v) is 8.28. The number of amides is 1. The minimum atomic E-state index is -0.818. The quantitative estimate of drug-likeness (QED) is 0.436. The van der Waals surface area contributed by atoms with E-state index in [-0.39, 0.29) is 17.9 Å². The Balaban J connectivity index is 1.83. The molecule has 0 bridgehead atoms. The SMILES string of the molecule is O=C1C(=O)N(Cc2ccncc2)C(c2ccco2)/C1=C(/O)c1ccncc1. The van der Waals surface area contributed by atoms with Gasteiger partial charge in [-0.05, 0) is 42.0 Å². The minimum Gasteiger partial charge on any atom is -0.507 e. The lowest BCUT2D eigenvalue weighted by atomic mass is 9.99. The number of carbonyl (C=O) groups excluding carboxylic acids is 2. The number of aromatic nitrogens is 2. The number of likely N-dealkylation sites (tertiary alicyclic amines) is 1. The number of aliphatic hydroxyl groups excluding tert-OH is 1. The van der Waals surface area contributed by atoms with Gasteiger partial charge in [-0.3, -0.25) is 19.6 Å². The van der Waals surface area contributed by atoms with Crippen molar-refractivity contribution in [1.82, 2.24) is 14.9 Å². The molecule has 0 saturated carbocycles. The molecule has 4 rings (SSSR count). The molecule has 1 unspecified atom stereocenters. The third-order valence-electron chi connectivity index (χ3n) is 4.41. The molecule has 1 amide bonds. The molecule has 3 aromatic rings. The van der Waals surface area contributed by atoms with Gasteiger partial charge in [-0.15, -0.1) is 0 Å². The van der Waals surface area contributed by atoms with E-state index in [9.17, 15) is 14.7 Å². The zero-order valence-electron chi connectivity index (χ0n) is 14.1. The van der Waals surface area contributed by atoms with E-state index in [0.29, 0.717) is 11.3 Å². The van der Waals surface area contributed by atoms with E-state index in [2.05, 4.69) is 9.97 Å². The number of nitrogens with zero attached hydrogens (tertiary/aromatic N) is 3. The average Bonchev–Trinajstić information content (AvgIpc) is 3.32. The molecule has 1 aliphatic heterocycles. The Labute approximate surface area is 154 Å². The van der Waals surface area contributed by atoms with Crippen LogP contribution in [-0.4, -0.2) is 31.7 Å². The van der Waals surface area contributed by atoms with E-state index in [1.807, 2.05) is 0 Å². The van der Waals surface area contributed by atoms with Gasteiger partial charge in [0.1, 0.15) is 17.6 Å². The smallest absolute Gasteiger partial charge is 0.296 e. The number of Topliss-reactive ketones (excluding diaryl/α,β-unsaturated/α-hetero) is 1. The summed E-state index contributed by atoms with van der Waals surface area (Å²) in [6.45, 7) is 0.186. The highest BCUT2D eigenvalue weighted by Gasteiger charge is 2.47. The molecule has 27 heavy (non-hydrogen) atoms. The van der Waals surface area contributed by atoms with Crippen molar-refractivity contribution in [3.63, 3.8) is 0 Å². The van der Waals surface area contributed by atoms with Gasteiger partial charge in [0.15, 0.2) is 0 Å². The van der Waals surface area contributed by atoms with Crippen molar-refractivity contribution in [2.45, 2.75) is 12.6 Å². The fraction of sp³-hybridized carbons (Fsp3) is 0.100. The van der Waals surface area contributed by atoms with Gasteiger partial charge in [0.2, 0.25) is 0 Å². The number of rotatable bonds is 4. The third-order valence-corrected chi connectivity index (χ3v) is 4.41. The molecule has 7 heteroatoms. The van der Waals surface area contributed by atoms with Gasteiger partial charge in [-0.25, -0.2) is 0 Å². The summed E-state index contributed by atoms with van der Waals surface area (Å²) in [5.41, 5.74) is 1.21. The molecule has 3 aromatic heterocycles. The molecule has 4 heterocycles. The first kappa shape index (κ1) is 16.7. The molecule has 1 aliphatic rings. The van der Waals surface area contributed by atoms with Crippen LogP contribution in [0.15, 0.2) is 77.4 Å². The maximum atomic E-state index is 12.7. The van der Waals surface area contributed by atoms with Crippen LogP contribution in [0.25, 0.3) is 5.76 Å². The highest BCUT2D eigenvalue weighted by molar-refractivity contribution is 6.46. The maximum absolute atomic E-state index is 12.7. The molecule has 1 fully saturated rings. The normalized spacial score (nSPS) is 18.8. The zero-order chi connectivity index (χ0) is 18.8. The van der Waals surface area contributed by atoms with Crippen molar-refractivity contribution in [2.24, 2.45) is 0 Å². The number of hydrogen-bond acceptors (Lipinski definition) is 6. The van der Waals surface area contributed by atoms with Crippen molar-refractivity contribution in [2.75, 3.05) is 0 Å². The van der Waals surface area contributed by atoms with Gasteiger partial charge >= 0.3 is 0 Å². The van der Waals surface area contributed by atoms with Gasteiger partial charge in [0, 0.05) is 36.9 Å². The lowest BCUT2D eigenvalue weighted by molar-refractivity contribution is -0.140. The summed E-state index contributed by atoms with van der Waals surface area (Å²) in [5.74, 6) is -1.29. The van der Waals surface area contributed by atoms with Crippen molar-refractivity contribution in [3.05, 3.63) is 89.9 Å². The van der Waals surface area contributed by atoms with E-state index in [1.165, 1.54) is 23.6 Å². The second-order valence-corrected chi connectivity index (χ2v) is 6.03. The predicted molar refractivity (Wildman–Crippen MR) is 95.0 cm³/mol. The Hall–Kier alpha value is -3.74. The topological polar surface area (TPSA) is 96.5 Å². The molecular weight excluding hydrogens is 346 g/mol. The van der Waals surface area contributed by atoms with Crippen molar-refractivity contribution in [3.8, 4) is 0 Å².